The Hall–Kier alpha value is -2.64. The Morgan fingerprint density at radius 2 is 1.58 bits per heavy atom. The smallest absolute Gasteiger partial charge is 0.384 e. The van der Waals surface area contributed by atoms with Crippen molar-refractivity contribution in [3.8, 4) is 0 Å². The van der Waals surface area contributed by atoms with E-state index in [-0.39, 0.29) is 18.7 Å². The first-order chi connectivity index (χ1) is 11.3. The van der Waals surface area contributed by atoms with Gasteiger partial charge in [-0.2, -0.15) is 13.2 Å². The van der Waals surface area contributed by atoms with Crippen LogP contribution in [0.25, 0.3) is 0 Å². The highest BCUT2D eigenvalue weighted by Crippen LogP contribution is 2.34. The van der Waals surface area contributed by atoms with Crippen molar-refractivity contribution >= 4 is 17.3 Å². The molecule has 2 aromatic rings. The zero-order valence-electron chi connectivity index (χ0n) is 12.3. The van der Waals surface area contributed by atoms with Crippen LogP contribution in [0, 0.1) is 11.6 Å². The zero-order valence-corrected chi connectivity index (χ0v) is 12.3. The van der Waals surface area contributed by atoms with Crippen LogP contribution in [0.5, 0.6) is 0 Å². The fraction of sp³-hybridized carbons (Fsp3) is 0.188. The van der Waals surface area contributed by atoms with Gasteiger partial charge in [0.2, 0.25) is 5.91 Å². The number of para-hydroxylation sites is 2. The van der Waals surface area contributed by atoms with Gasteiger partial charge in [-0.05, 0) is 24.3 Å². The van der Waals surface area contributed by atoms with E-state index < -0.39 is 35.0 Å². The van der Waals surface area contributed by atoms with Crippen LogP contribution < -0.4 is 10.6 Å². The number of alkyl halides is 3. The summed E-state index contributed by atoms with van der Waals surface area (Å²) in [6.45, 7) is -0.130. The number of hydrogen-bond donors (Lipinski definition) is 2. The Morgan fingerprint density at radius 3 is 2.21 bits per heavy atom. The van der Waals surface area contributed by atoms with Gasteiger partial charge in [0.25, 0.3) is 0 Å². The molecule has 0 bridgehead atoms. The molecule has 8 heteroatoms. The van der Waals surface area contributed by atoms with Crippen LogP contribution in [0.15, 0.2) is 42.5 Å². The summed E-state index contributed by atoms with van der Waals surface area (Å²) in [5.74, 6) is -2.59. The Balaban J connectivity index is 1.95. The number of carbonyl (C=O) groups is 1. The fourth-order valence-corrected chi connectivity index (χ4v) is 2.01. The SMILES string of the molecule is O=C(CCNc1ccccc1C(F)(F)F)Nc1c(F)cccc1F. The van der Waals surface area contributed by atoms with Gasteiger partial charge in [-0.1, -0.05) is 18.2 Å². The minimum Gasteiger partial charge on any atom is -0.384 e. The average Bonchev–Trinajstić information content (AvgIpc) is 2.50. The van der Waals surface area contributed by atoms with Crippen molar-refractivity contribution in [3.63, 3.8) is 0 Å². The third-order valence-corrected chi connectivity index (χ3v) is 3.13. The van der Waals surface area contributed by atoms with Crippen molar-refractivity contribution < 1.29 is 26.7 Å². The van der Waals surface area contributed by atoms with Crippen molar-refractivity contribution in [1.82, 2.24) is 0 Å². The normalized spacial score (nSPS) is 11.2. The van der Waals surface area contributed by atoms with Crippen molar-refractivity contribution in [2.75, 3.05) is 17.2 Å². The molecule has 2 rings (SSSR count). The molecule has 0 radical (unpaired) electrons. The number of hydrogen-bond acceptors (Lipinski definition) is 2. The molecule has 0 spiro atoms. The van der Waals surface area contributed by atoms with Crippen molar-refractivity contribution in [3.05, 3.63) is 59.7 Å². The molecule has 2 aromatic carbocycles. The highest BCUT2D eigenvalue weighted by atomic mass is 19.4. The first kappa shape index (κ1) is 17.7. The van der Waals surface area contributed by atoms with Crippen molar-refractivity contribution in [2.45, 2.75) is 12.6 Å². The van der Waals surface area contributed by atoms with Crippen molar-refractivity contribution in [2.24, 2.45) is 0 Å². The van der Waals surface area contributed by atoms with Gasteiger partial charge in [0.05, 0.1) is 5.56 Å². The lowest BCUT2D eigenvalue weighted by Gasteiger charge is -2.14. The van der Waals surface area contributed by atoms with Gasteiger partial charge in [-0.15, -0.1) is 0 Å². The molecule has 0 heterocycles. The molecule has 0 fully saturated rings. The molecule has 24 heavy (non-hydrogen) atoms. The molecule has 2 N–H and O–H groups in total. The summed E-state index contributed by atoms with van der Waals surface area (Å²) in [4.78, 5) is 11.7. The summed E-state index contributed by atoms with van der Waals surface area (Å²) >= 11 is 0. The summed E-state index contributed by atoms with van der Waals surface area (Å²) in [7, 11) is 0. The van der Waals surface area contributed by atoms with Gasteiger partial charge in [0.1, 0.15) is 17.3 Å². The second-order valence-corrected chi connectivity index (χ2v) is 4.86. The summed E-state index contributed by atoms with van der Waals surface area (Å²) in [5.41, 5.74) is -1.61. The molecular weight excluding hydrogens is 331 g/mol. The number of rotatable bonds is 5. The summed E-state index contributed by atoms with van der Waals surface area (Å²) in [5, 5.41) is 4.56. The van der Waals surface area contributed by atoms with E-state index in [1.807, 2.05) is 0 Å². The predicted molar refractivity (Wildman–Crippen MR) is 79.5 cm³/mol. The number of halogens is 5. The van der Waals surface area contributed by atoms with Gasteiger partial charge >= 0.3 is 6.18 Å². The molecule has 0 aliphatic carbocycles. The molecular formula is C16H13F5N2O. The molecule has 3 nitrogen and oxygen atoms in total. The Kier molecular flexibility index (Phi) is 5.38. The minimum atomic E-state index is -4.53. The number of anilines is 2. The molecule has 0 aliphatic rings. The van der Waals surface area contributed by atoms with Gasteiger partial charge in [0, 0.05) is 18.7 Å². The predicted octanol–water partition coefficient (Wildman–Crippen LogP) is 4.42. The average molecular weight is 344 g/mol. The maximum Gasteiger partial charge on any atom is 0.418 e. The quantitative estimate of drug-likeness (QED) is 0.788. The van der Waals surface area contributed by atoms with E-state index in [2.05, 4.69) is 10.6 Å². The second-order valence-electron chi connectivity index (χ2n) is 4.86. The zero-order chi connectivity index (χ0) is 17.7. The first-order valence-electron chi connectivity index (χ1n) is 6.93. The third-order valence-electron chi connectivity index (χ3n) is 3.13. The maximum absolute atomic E-state index is 13.4. The first-order valence-corrected chi connectivity index (χ1v) is 6.93. The lowest BCUT2D eigenvalue weighted by Crippen LogP contribution is -2.19. The molecule has 128 valence electrons. The highest BCUT2D eigenvalue weighted by Gasteiger charge is 2.33. The number of benzene rings is 2. The molecule has 0 aromatic heterocycles. The van der Waals surface area contributed by atoms with Crippen LogP contribution in [0.2, 0.25) is 0 Å². The van der Waals surface area contributed by atoms with Crippen LogP contribution in [0.1, 0.15) is 12.0 Å². The largest absolute Gasteiger partial charge is 0.418 e. The van der Waals surface area contributed by atoms with Gasteiger partial charge in [0.15, 0.2) is 0 Å². The standard InChI is InChI=1S/C16H13F5N2O/c17-11-5-3-6-12(18)15(11)23-14(24)8-9-22-13-7-2-1-4-10(13)16(19,20)21/h1-7,22H,8-9H2,(H,23,24). The summed E-state index contributed by atoms with van der Waals surface area (Å²) < 4.78 is 65.2. The Bertz CT molecular complexity index is 710. The number of nitrogens with one attached hydrogen (secondary N) is 2. The number of amides is 1. The summed E-state index contributed by atoms with van der Waals surface area (Å²) in [6.07, 6.45) is -4.79. The Morgan fingerprint density at radius 1 is 0.958 bits per heavy atom. The molecule has 0 atom stereocenters. The molecule has 0 saturated heterocycles. The van der Waals surface area contributed by atoms with Crippen LogP contribution in [-0.2, 0) is 11.0 Å². The minimum absolute atomic E-state index is 0.130. The molecule has 0 saturated carbocycles. The monoisotopic (exact) mass is 344 g/mol. The highest BCUT2D eigenvalue weighted by molar-refractivity contribution is 5.91. The van der Waals surface area contributed by atoms with Gasteiger partial charge in [-0.3, -0.25) is 4.79 Å². The maximum atomic E-state index is 13.4. The van der Waals surface area contributed by atoms with E-state index in [0.717, 1.165) is 24.3 Å². The summed E-state index contributed by atoms with van der Waals surface area (Å²) in [6, 6.07) is 7.94. The second kappa shape index (κ2) is 7.29. The topological polar surface area (TPSA) is 41.1 Å². The van der Waals surface area contributed by atoms with Gasteiger partial charge < -0.3 is 10.6 Å². The lowest BCUT2D eigenvalue weighted by molar-refractivity contribution is -0.137. The third kappa shape index (κ3) is 4.43. The Labute approximate surface area is 134 Å². The fourth-order valence-electron chi connectivity index (χ4n) is 2.01. The van der Waals surface area contributed by atoms with Crippen LogP contribution in [0.4, 0.5) is 33.3 Å². The molecule has 1 amide bonds. The molecule has 0 aliphatic heterocycles. The van der Waals surface area contributed by atoms with E-state index in [4.69, 9.17) is 0 Å². The van der Waals surface area contributed by atoms with Crippen LogP contribution >= 0.6 is 0 Å². The van der Waals surface area contributed by atoms with E-state index in [1.54, 1.807) is 0 Å². The van der Waals surface area contributed by atoms with Crippen LogP contribution in [-0.4, -0.2) is 12.5 Å². The number of carbonyl (C=O) groups excluding carboxylic acids is 1. The van der Waals surface area contributed by atoms with Gasteiger partial charge in [-0.25, -0.2) is 8.78 Å². The van der Waals surface area contributed by atoms with Crippen LogP contribution in [0.3, 0.4) is 0 Å². The van der Waals surface area contributed by atoms with E-state index >= 15 is 0 Å². The van der Waals surface area contributed by atoms with E-state index in [1.165, 1.54) is 18.2 Å². The van der Waals surface area contributed by atoms with Crippen molar-refractivity contribution in [1.29, 1.82) is 0 Å². The van der Waals surface area contributed by atoms with E-state index in [9.17, 15) is 26.7 Å². The lowest BCUT2D eigenvalue weighted by atomic mass is 10.1. The molecule has 0 unspecified atom stereocenters. The van der Waals surface area contributed by atoms with E-state index in [0.29, 0.717) is 0 Å².